The molecule has 0 spiro atoms. The first-order valence-electron chi connectivity index (χ1n) is 11.6. The molecule has 2 amide bonds. The van der Waals surface area contributed by atoms with Crippen molar-refractivity contribution in [2.45, 2.75) is 38.5 Å². The summed E-state index contributed by atoms with van der Waals surface area (Å²) in [5.74, 6) is 0.151. The molecule has 1 aromatic carbocycles. The number of amides is 2. The number of aryl methyl sites for hydroxylation is 1. The summed E-state index contributed by atoms with van der Waals surface area (Å²) in [6.07, 6.45) is 4.02. The van der Waals surface area contributed by atoms with Crippen LogP contribution in [-0.2, 0) is 27.5 Å². The molecule has 1 unspecified atom stereocenters. The van der Waals surface area contributed by atoms with E-state index in [1.54, 1.807) is 33.5 Å². The third-order valence-corrected chi connectivity index (χ3v) is 7.25. The van der Waals surface area contributed by atoms with Gasteiger partial charge in [-0.15, -0.1) is 11.3 Å². The maximum Gasteiger partial charge on any atom is 0.242 e. The van der Waals surface area contributed by atoms with E-state index in [-0.39, 0.29) is 36.3 Å². The van der Waals surface area contributed by atoms with E-state index < -0.39 is 0 Å². The minimum Gasteiger partial charge on any atom is -0.370 e. The summed E-state index contributed by atoms with van der Waals surface area (Å²) >= 11 is 1.57. The molecule has 8 heteroatoms. The van der Waals surface area contributed by atoms with Gasteiger partial charge in [0.2, 0.25) is 11.8 Å². The van der Waals surface area contributed by atoms with Gasteiger partial charge in [-0.1, -0.05) is 30.3 Å². The molecule has 1 saturated heterocycles. The minimum atomic E-state index is -0.280. The normalized spacial score (nSPS) is 22.5. The van der Waals surface area contributed by atoms with Gasteiger partial charge in [0.15, 0.2) is 0 Å². The van der Waals surface area contributed by atoms with E-state index in [0.29, 0.717) is 26.2 Å². The number of hydrogen-bond acceptors (Lipinski definition) is 6. The third kappa shape index (κ3) is 5.34. The average Bonchev–Trinajstić information content (AvgIpc) is 3.59. The molecular formula is C26H28N4O3S. The lowest BCUT2D eigenvalue weighted by molar-refractivity contribution is -0.139. The highest BCUT2D eigenvalue weighted by Crippen LogP contribution is 2.48. The van der Waals surface area contributed by atoms with Crippen molar-refractivity contribution in [1.29, 1.82) is 0 Å². The molecule has 7 nitrogen and oxygen atoms in total. The van der Waals surface area contributed by atoms with Crippen LogP contribution in [-0.4, -0.2) is 57.3 Å². The summed E-state index contributed by atoms with van der Waals surface area (Å²) in [6, 6.07) is 14.0. The van der Waals surface area contributed by atoms with Gasteiger partial charge in [0.25, 0.3) is 0 Å². The summed E-state index contributed by atoms with van der Waals surface area (Å²) in [6.45, 7) is 3.70. The van der Waals surface area contributed by atoms with Crippen LogP contribution in [0.5, 0.6) is 0 Å². The Morgan fingerprint density at radius 3 is 2.68 bits per heavy atom. The van der Waals surface area contributed by atoms with E-state index in [0.717, 1.165) is 22.7 Å². The predicted octanol–water partition coefficient (Wildman–Crippen LogP) is 3.41. The van der Waals surface area contributed by atoms with E-state index in [9.17, 15) is 9.59 Å². The van der Waals surface area contributed by atoms with Gasteiger partial charge in [0, 0.05) is 36.8 Å². The van der Waals surface area contributed by atoms with Crippen molar-refractivity contribution >= 4 is 23.2 Å². The smallest absolute Gasteiger partial charge is 0.242 e. The van der Waals surface area contributed by atoms with Crippen LogP contribution >= 0.6 is 11.3 Å². The Hall–Kier alpha value is -3.10. The van der Waals surface area contributed by atoms with Crippen molar-refractivity contribution in [3.63, 3.8) is 0 Å². The Kier molecular flexibility index (Phi) is 6.69. The number of aromatic nitrogens is 2. The highest BCUT2D eigenvalue weighted by Gasteiger charge is 2.47. The fourth-order valence-electron chi connectivity index (χ4n) is 4.55. The monoisotopic (exact) mass is 476 g/mol. The highest BCUT2D eigenvalue weighted by atomic mass is 32.1. The number of carbonyl (C=O) groups is 2. The van der Waals surface area contributed by atoms with Crippen molar-refractivity contribution in [3.8, 4) is 0 Å². The number of benzene rings is 1. The Morgan fingerprint density at radius 2 is 1.94 bits per heavy atom. The zero-order valence-electron chi connectivity index (χ0n) is 19.2. The Bertz CT molecular complexity index is 1140. The first kappa shape index (κ1) is 22.7. The van der Waals surface area contributed by atoms with Crippen LogP contribution in [0.15, 0.2) is 60.2 Å². The average molecular weight is 477 g/mol. The van der Waals surface area contributed by atoms with Crippen LogP contribution in [0.25, 0.3) is 0 Å². The molecule has 0 bridgehead atoms. The molecule has 1 aliphatic carbocycles. The van der Waals surface area contributed by atoms with Gasteiger partial charge in [-0.2, -0.15) is 0 Å². The summed E-state index contributed by atoms with van der Waals surface area (Å²) in [7, 11) is 0. The number of ether oxygens (including phenoxy) is 1. The molecular weight excluding hydrogens is 448 g/mol. The quantitative estimate of drug-likeness (QED) is 0.522. The summed E-state index contributed by atoms with van der Waals surface area (Å²) in [4.78, 5) is 38.7. The van der Waals surface area contributed by atoms with Gasteiger partial charge in [0.1, 0.15) is 0 Å². The lowest BCUT2D eigenvalue weighted by Gasteiger charge is -2.24. The maximum atomic E-state index is 13.4. The first-order valence-corrected chi connectivity index (χ1v) is 12.5. The van der Waals surface area contributed by atoms with E-state index >= 15 is 0 Å². The summed E-state index contributed by atoms with van der Waals surface area (Å²) < 4.78 is 6.23. The molecule has 5 rings (SSSR count). The summed E-state index contributed by atoms with van der Waals surface area (Å²) in [5, 5.41) is 2.96. The Labute approximate surface area is 203 Å². The van der Waals surface area contributed by atoms with Gasteiger partial charge in [-0.05, 0) is 42.5 Å². The van der Waals surface area contributed by atoms with Crippen molar-refractivity contribution < 1.29 is 14.3 Å². The number of carbonyl (C=O) groups excluding carboxylic acids is 2. The third-order valence-electron chi connectivity index (χ3n) is 6.43. The van der Waals surface area contributed by atoms with Crippen LogP contribution in [0.1, 0.15) is 34.2 Å². The number of nitrogens with zero attached hydrogens (tertiary/aromatic N) is 4. The summed E-state index contributed by atoms with van der Waals surface area (Å²) in [5.41, 5.74) is 3.07. The highest BCUT2D eigenvalue weighted by molar-refractivity contribution is 7.09. The van der Waals surface area contributed by atoms with Crippen LogP contribution in [0.2, 0.25) is 0 Å². The number of hydrogen-bond donors (Lipinski definition) is 0. The second kappa shape index (κ2) is 10.0. The van der Waals surface area contributed by atoms with Gasteiger partial charge in [-0.25, -0.2) is 4.98 Å². The molecule has 0 radical (unpaired) electrons. The van der Waals surface area contributed by atoms with Crippen molar-refractivity contribution in [3.05, 3.63) is 82.1 Å². The number of rotatable bonds is 7. The van der Waals surface area contributed by atoms with Crippen molar-refractivity contribution in [2.24, 2.45) is 5.92 Å². The second-order valence-corrected chi connectivity index (χ2v) is 10.1. The fourth-order valence-corrected chi connectivity index (χ4v) is 5.15. The number of thiazole rings is 1. The Morgan fingerprint density at radius 1 is 1.15 bits per heavy atom. The van der Waals surface area contributed by atoms with E-state index in [1.807, 2.05) is 42.6 Å². The maximum absolute atomic E-state index is 13.4. The van der Waals surface area contributed by atoms with E-state index in [4.69, 9.17) is 4.74 Å². The second-order valence-electron chi connectivity index (χ2n) is 9.00. The molecule has 3 heterocycles. The van der Waals surface area contributed by atoms with Crippen LogP contribution < -0.4 is 0 Å². The van der Waals surface area contributed by atoms with E-state index in [2.05, 4.69) is 22.1 Å². The van der Waals surface area contributed by atoms with Crippen LogP contribution in [0, 0.1) is 12.8 Å². The van der Waals surface area contributed by atoms with Gasteiger partial charge in [-0.3, -0.25) is 14.6 Å². The lowest BCUT2D eigenvalue weighted by Crippen LogP contribution is -2.40. The SMILES string of the molecule is Cc1nc(CN2CC(OCc3ccncc3)CN(C(=O)[C@@H]3C[C@H]3c3ccccc3)CC2=O)cs1. The molecule has 2 aliphatic rings. The molecule has 176 valence electrons. The molecule has 3 atom stereocenters. The molecule has 1 saturated carbocycles. The fraction of sp³-hybridized carbons (Fsp3) is 0.385. The molecule has 0 N–H and O–H groups in total. The molecule has 1 aliphatic heterocycles. The Balaban J connectivity index is 1.30. The van der Waals surface area contributed by atoms with Gasteiger partial charge >= 0.3 is 0 Å². The van der Waals surface area contributed by atoms with Crippen LogP contribution in [0.4, 0.5) is 0 Å². The minimum absolute atomic E-state index is 0.0473. The van der Waals surface area contributed by atoms with E-state index in [1.165, 1.54) is 5.56 Å². The van der Waals surface area contributed by atoms with Crippen LogP contribution in [0.3, 0.4) is 0 Å². The van der Waals surface area contributed by atoms with Crippen molar-refractivity contribution in [2.75, 3.05) is 19.6 Å². The molecule has 34 heavy (non-hydrogen) atoms. The van der Waals surface area contributed by atoms with Gasteiger partial charge in [0.05, 0.1) is 36.5 Å². The largest absolute Gasteiger partial charge is 0.370 e. The predicted molar refractivity (Wildman–Crippen MR) is 129 cm³/mol. The standard InChI is InChI=1S/C26H28N4O3S/c1-18-28-21(17-34-18)12-29-13-22(33-16-19-7-9-27-10-8-19)14-30(15-25(29)31)26(32)24-11-23(24)20-5-3-2-4-6-20/h2-10,17,22-24H,11-16H2,1H3/t22?,23-,24+/m0/s1. The molecule has 2 fully saturated rings. The first-order chi connectivity index (χ1) is 16.6. The molecule has 2 aromatic heterocycles. The molecule has 3 aromatic rings. The van der Waals surface area contributed by atoms with Crippen molar-refractivity contribution in [1.82, 2.24) is 19.8 Å². The zero-order valence-corrected chi connectivity index (χ0v) is 20.0. The number of pyridine rings is 1. The lowest BCUT2D eigenvalue weighted by atomic mass is 10.1. The zero-order chi connectivity index (χ0) is 23.5. The van der Waals surface area contributed by atoms with Gasteiger partial charge < -0.3 is 14.5 Å². The topological polar surface area (TPSA) is 75.6 Å².